The van der Waals surface area contributed by atoms with Crippen molar-refractivity contribution >= 4 is 0 Å². The van der Waals surface area contributed by atoms with Crippen LogP contribution in [0.5, 0.6) is 0 Å². The van der Waals surface area contributed by atoms with Crippen molar-refractivity contribution in [2.75, 3.05) is 0 Å². The van der Waals surface area contributed by atoms with Crippen LogP contribution in [0.3, 0.4) is 0 Å². The molecule has 23 heavy (non-hydrogen) atoms. The second kappa shape index (κ2) is 10.9. The van der Waals surface area contributed by atoms with E-state index in [2.05, 4.69) is 65.8 Å². The zero-order valence-corrected chi connectivity index (χ0v) is 16.5. The highest BCUT2D eigenvalue weighted by Crippen LogP contribution is 2.35. The van der Waals surface area contributed by atoms with E-state index in [1.54, 1.807) is 0 Å². The van der Waals surface area contributed by atoms with Gasteiger partial charge in [0.2, 0.25) is 0 Å². The fraction of sp³-hybridized carbons (Fsp3) is 0.739. The highest BCUT2D eigenvalue weighted by molar-refractivity contribution is 5.17. The summed E-state index contributed by atoms with van der Waals surface area (Å²) in [5, 5.41) is 0. The summed E-state index contributed by atoms with van der Waals surface area (Å²) in [5.41, 5.74) is 1.41. The van der Waals surface area contributed by atoms with Crippen molar-refractivity contribution in [3.8, 4) is 0 Å². The molecule has 2 saturated carbocycles. The van der Waals surface area contributed by atoms with Crippen molar-refractivity contribution in [3.05, 3.63) is 35.9 Å². The van der Waals surface area contributed by atoms with Gasteiger partial charge in [-0.1, -0.05) is 97.6 Å². The van der Waals surface area contributed by atoms with E-state index in [1.165, 1.54) is 44.1 Å². The number of benzene rings is 1. The van der Waals surface area contributed by atoms with Crippen LogP contribution in [0.4, 0.5) is 0 Å². The summed E-state index contributed by atoms with van der Waals surface area (Å²) in [4.78, 5) is 0. The normalized spacial score (nSPS) is 17.8. The van der Waals surface area contributed by atoms with Gasteiger partial charge in [-0.2, -0.15) is 0 Å². The van der Waals surface area contributed by atoms with E-state index < -0.39 is 0 Å². The first-order valence-corrected chi connectivity index (χ1v) is 9.96. The monoisotopic (exact) mass is 316 g/mol. The average Bonchev–Trinajstić information content (AvgIpc) is 3.24. The third-order valence-electron chi connectivity index (χ3n) is 5.37. The van der Waals surface area contributed by atoms with E-state index in [9.17, 15) is 0 Å². The van der Waals surface area contributed by atoms with Crippen molar-refractivity contribution in [1.82, 2.24) is 0 Å². The molecule has 0 aromatic heterocycles. The minimum Gasteiger partial charge on any atom is -0.0625 e. The topological polar surface area (TPSA) is 0 Å². The molecule has 0 amide bonds. The van der Waals surface area contributed by atoms with Crippen LogP contribution < -0.4 is 0 Å². The van der Waals surface area contributed by atoms with E-state index in [0.29, 0.717) is 5.92 Å². The first kappa shape index (κ1) is 20.3. The Hall–Kier alpha value is -0.780. The molecular weight excluding hydrogens is 276 g/mol. The summed E-state index contributed by atoms with van der Waals surface area (Å²) >= 11 is 0. The Bertz CT molecular complexity index is 378. The number of hydrogen-bond acceptors (Lipinski definition) is 0. The largest absolute Gasteiger partial charge is 0.0625 e. The van der Waals surface area contributed by atoms with Gasteiger partial charge in [-0.05, 0) is 48.0 Å². The predicted octanol–water partition coefficient (Wildman–Crippen LogP) is 7.70. The molecule has 0 spiro atoms. The van der Waals surface area contributed by atoms with Gasteiger partial charge in [0.25, 0.3) is 0 Å². The standard InChI is InChI=1S/C9H12.C8H16.C6H12/c1-8(2)9-6-4-3-5-7-9;1-7(2)8-5-3-4-6-8;1-5(2)6-3-4-6/h3-8H,1-2H3;7-8H,3-6H2,1-2H3;5-6H,3-4H2,1-2H3. The Morgan fingerprint density at radius 3 is 1.30 bits per heavy atom. The van der Waals surface area contributed by atoms with Gasteiger partial charge in [-0.15, -0.1) is 0 Å². The number of rotatable bonds is 3. The quantitative estimate of drug-likeness (QED) is 0.536. The van der Waals surface area contributed by atoms with Crippen LogP contribution in [0.25, 0.3) is 0 Å². The summed E-state index contributed by atoms with van der Waals surface area (Å²) in [6.07, 6.45) is 8.97. The summed E-state index contributed by atoms with van der Waals surface area (Å²) in [6.45, 7) is 13.7. The van der Waals surface area contributed by atoms with Crippen molar-refractivity contribution < 1.29 is 0 Å². The molecule has 0 nitrogen and oxygen atoms in total. The van der Waals surface area contributed by atoms with Crippen LogP contribution in [-0.2, 0) is 0 Å². The van der Waals surface area contributed by atoms with Crippen LogP contribution in [0.15, 0.2) is 30.3 Å². The third-order valence-corrected chi connectivity index (χ3v) is 5.37. The highest BCUT2D eigenvalue weighted by atomic mass is 14.3. The summed E-state index contributed by atoms with van der Waals surface area (Å²) in [7, 11) is 0. The minimum absolute atomic E-state index is 0.659. The summed E-state index contributed by atoms with van der Waals surface area (Å²) in [6, 6.07) is 10.5. The molecule has 0 heterocycles. The van der Waals surface area contributed by atoms with E-state index in [4.69, 9.17) is 0 Å². The van der Waals surface area contributed by atoms with Crippen molar-refractivity contribution in [2.45, 2.75) is 86.0 Å². The van der Waals surface area contributed by atoms with Gasteiger partial charge in [-0.3, -0.25) is 0 Å². The Morgan fingerprint density at radius 1 is 0.652 bits per heavy atom. The molecule has 0 atom stereocenters. The maximum Gasteiger partial charge on any atom is -0.0219 e. The summed E-state index contributed by atoms with van der Waals surface area (Å²) in [5.74, 6) is 4.73. The van der Waals surface area contributed by atoms with Crippen LogP contribution >= 0.6 is 0 Å². The molecule has 0 radical (unpaired) electrons. The molecule has 0 heteroatoms. The van der Waals surface area contributed by atoms with Crippen molar-refractivity contribution in [3.63, 3.8) is 0 Å². The molecule has 0 saturated heterocycles. The van der Waals surface area contributed by atoms with E-state index in [1.807, 2.05) is 6.07 Å². The Kier molecular flexibility index (Phi) is 9.60. The maximum absolute atomic E-state index is 2.34. The van der Waals surface area contributed by atoms with Crippen LogP contribution in [0.1, 0.15) is 91.5 Å². The van der Waals surface area contributed by atoms with Gasteiger partial charge in [0, 0.05) is 0 Å². The maximum atomic E-state index is 2.34. The first-order valence-electron chi connectivity index (χ1n) is 9.96. The fourth-order valence-corrected chi connectivity index (χ4v) is 3.22. The van der Waals surface area contributed by atoms with E-state index in [-0.39, 0.29) is 0 Å². The van der Waals surface area contributed by atoms with Crippen LogP contribution in [-0.4, -0.2) is 0 Å². The molecule has 2 aliphatic carbocycles. The van der Waals surface area contributed by atoms with Gasteiger partial charge >= 0.3 is 0 Å². The second-order valence-corrected chi connectivity index (χ2v) is 8.44. The lowest BCUT2D eigenvalue weighted by Crippen LogP contribution is -2.01. The summed E-state index contributed by atoms with van der Waals surface area (Å²) < 4.78 is 0. The molecule has 2 aliphatic rings. The Balaban J connectivity index is 0.000000176. The zero-order valence-electron chi connectivity index (χ0n) is 16.5. The molecule has 1 aromatic rings. The molecule has 2 fully saturated rings. The fourth-order valence-electron chi connectivity index (χ4n) is 3.22. The molecular formula is C23H40. The minimum atomic E-state index is 0.659. The van der Waals surface area contributed by atoms with E-state index >= 15 is 0 Å². The Morgan fingerprint density at radius 2 is 1.09 bits per heavy atom. The van der Waals surface area contributed by atoms with Gasteiger partial charge < -0.3 is 0 Å². The first-order chi connectivity index (χ1) is 10.9. The molecule has 132 valence electrons. The van der Waals surface area contributed by atoms with Gasteiger partial charge in [-0.25, -0.2) is 0 Å². The van der Waals surface area contributed by atoms with Crippen LogP contribution in [0.2, 0.25) is 0 Å². The number of hydrogen-bond donors (Lipinski definition) is 0. The third kappa shape index (κ3) is 9.18. The molecule has 0 N–H and O–H groups in total. The van der Waals surface area contributed by atoms with Crippen LogP contribution in [0, 0.1) is 23.7 Å². The molecule has 0 unspecified atom stereocenters. The molecule has 0 aliphatic heterocycles. The van der Waals surface area contributed by atoms with E-state index in [0.717, 1.165) is 23.7 Å². The second-order valence-electron chi connectivity index (χ2n) is 8.44. The average molecular weight is 317 g/mol. The lowest BCUT2D eigenvalue weighted by atomic mass is 9.95. The zero-order chi connectivity index (χ0) is 17.2. The molecule has 0 bridgehead atoms. The van der Waals surface area contributed by atoms with Crippen molar-refractivity contribution in [2.24, 2.45) is 23.7 Å². The predicted molar refractivity (Wildman–Crippen MR) is 105 cm³/mol. The molecule has 1 aromatic carbocycles. The molecule has 3 rings (SSSR count). The van der Waals surface area contributed by atoms with Crippen molar-refractivity contribution in [1.29, 1.82) is 0 Å². The van der Waals surface area contributed by atoms with Gasteiger partial charge in [0.1, 0.15) is 0 Å². The Labute approximate surface area is 146 Å². The SMILES string of the molecule is CC(C)C1CC1.CC(C)C1CCCC1.CC(C)c1ccccc1. The van der Waals surface area contributed by atoms with Gasteiger partial charge in [0.05, 0.1) is 0 Å². The van der Waals surface area contributed by atoms with Gasteiger partial charge in [0.15, 0.2) is 0 Å². The smallest absolute Gasteiger partial charge is 0.0219 e. The lowest BCUT2D eigenvalue weighted by molar-refractivity contribution is 0.396. The lowest BCUT2D eigenvalue weighted by Gasteiger charge is -2.11. The highest BCUT2D eigenvalue weighted by Gasteiger charge is 2.23.